The van der Waals surface area contributed by atoms with Crippen LogP contribution < -0.4 is 14.8 Å². The number of hydrogen-bond acceptors (Lipinski definition) is 4. The maximum atomic E-state index is 12.3. The van der Waals surface area contributed by atoms with Gasteiger partial charge in [0, 0.05) is 21.1 Å². The van der Waals surface area contributed by atoms with E-state index in [1.54, 1.807) is 12.1 Å². The number of carbonyl (C=O) groups excluding carboxylic acids is 1. The number of amides is 1. The zero-order valence-electron chi connectivity index (χ0n) is 11.8. The van der Waals surface area contributed by atoms with Crippen LogP contribution in [-0.2, 0) is 4.79 Å². The predicted octanol–water partition coefficient (Wildman–Crippen LogP) is 4.30. The number of rotatable bonds is 4. The molecule has 4 nitrogen and oxygen atoms in total. The van der Waals surface area contributed by atoms with E-state index >= 15 is 0 Å². The lowest BCUT2D eigenvalue weighted by atomic mass is 10.2. The molecular weight excluding hydrogens is 366 g/mol. The third kappa shape index (κ3) is 3.56. The molecule has 1 heterocycles. The van der Waals surface area contributed by atoms with E-state index in [2.05, 4.69) is 21.2 Å². The molecule has 1 N–H and O–H groups in total. The van der Waals surface area contributed by atoms with Crippen molar-refractivity contribution in [2.75, 3.05) is 12.1 Å². The van der Waals surface area contributed by atoms with Crippen LogP contribution >= 0.6 is 27.7 Å². The number of anilines is 1. The molecule has 0 radical (unpaired) electrons. The first-order chi connectivity index (χ1) is 10.6. The summed E-state index contributed by atoms with van der Waals surface area (Å²) in [6.07, 6.45) is 0. The van der Waals surface area contributed by atoms with E-state index in [1.165, 1.54) is 11.8 Å². The summed E-state index contributed by atoms with van der Waals surface area (Å²) in [5.74, 6) is 1.31. The Hall–Kier alpha value is -1.66. The van der Waals surface area contributed by atoms with Crippen LogP contribution in [0.1, 0.15) is 6.92 Å². The minimum Gasteiger partial charge on any atom is -0.454 e. The molecule has 114 valence electrons. The van der Waals surface area contributed by atoms with Gasteiger partial charge < -0.3 is 14.8 Å². The fraction of sp³-hybridized carbons (Fsp3) is 0.188. The van der Waals surface area contributed by atoms with Crippen molar-refractivity contribution in [1.29, 1.82) is 0 Å². The van der Waals surface area contributed by atoms with Crippen molar-refractivity contribution in [2.24, 2.45) is 0 Å². The van der Waals surface area contributed by atoms with E-state index in [0.717, 1.165) is 9.37 Å². The molecule has 1 amide bonds. The molecule has 2 aromatic rings. The summed E-state index contributed by atoms with van der Waals surface area (Å²) in [5, 5.41) is 2.69. The summed E-state index contributed by atoms with van der Waals surface area (Å²) in [5.41, 5.74) is 0.705. The van der Waals surface area contributed by atoms with E-state index in [-0.39, 0.29) is 18.0 Å². The van der Waals surface area contributed by atoms with Crippen LogP contribution in [0.2, 0.25) is 0 Å². The van der Waals surface area contributed by atoms with Crippen LogP contribution in [0.4, 0.5) is 5.69 Å². The van der Waals surface area contributed by atoms with E-state index in [1.807, 2.05) is 37.3 Å². The Kier molecular flexibility index (Phi) is 4.59. The molecule has 22 heavy (non-hydrogen) atoms. The highest BCUT2D eigenvalue weighted by Crippen LogP contribution is 2.34. The van der Waals surface area contributed by atoms with Gasteiger partial charge in [-0.1, -0.05) is 22.0 Å². The monoisotopic (exact) mass is 379 g/mol. The normalized spacial score (nSPS) is 13.7. The van der Waals surface area contributed by atoms with Crippen molar-refractivity contribution in [3.63, 3.8) is 0 Å². The maximum absolute atomic E-state index is 12.3. The first-order valence-electron chi connectivity index (χ1n) is 6.74. The molecule has 1 unspecified atom stereocenters. The second kappa shape index (κ2) is 6.62. The minimum atomic E-state index is -0.209. The van der Waals surface area contributed by atoms with Crippen molar-refractivity contribution in [2.45, 2.75) is 17.1 Å². The van der Waals surface area contributed by atoms with Crippen molar-refractivity contribution in [3.8, 4) is 11.5 Å². The SMILES string of the molecule is CC(Sc1cccc(Br)c1)C(=O)Nc1ccc2c(c1)OCO2. The highest BCUT2D eigenvalue weighted by molar-refractivity contribution is 9.10. The summed E-state index contributed by atoms with van der Waals surface area (Å²) in [7, 11) is 0. The molecule has 1 aliphatic rings. The number of ether oxygens (including phenoxy) is 2. The molecule has 0 spiro atoms. The summed E-state index contributed by atoms with van der Waals surface area (Å²) in [6, 6.07) is 13.3. The number of halogens is 1. The van der Waals surface area contributed by atoms with Gasteiger partial charge in [-0.15, -0.1) is 11.8 Å². The molecule has 6 heteroatoms. The van der Waals surface area contributed by atoms with Gasteiger partial charge >= 0.3 is 0 Å². The minimum absolute atomic E-state index is 0.0520. The Balaban J connectivity index is 1.64. The first-order valence-corrected chi connectivity index (χ1v) is 8.42. The predicted molar refractivity (Wildman–Crippen MR) is 90.7 cm³/mol. The largest absolute Gasteiger partial charge is 0.454 e. The average Bonchev–Trinajstić information content (AvgIpc) is 2.94. The Bertz CT molecular complexity index is 708. The Morgan fingerprint density at radius 2 is 2.05 bits per heavy atom. The number of nitrogens with one attached hydrogen (secondary N) is 1. The van der Waals surface area contributed by atoms with Gasteiger partial charge in [0.2, 0.25) is 12.7 Å². The molecule has 0 aromatic heterocycles. The third-order valence-corrected chi connectivity index (χ3v) is 4.71. The summed E-state index contributed by atoms with van der Waals surface area (Å²) in [4.78, 5) is 13.3. The molecule has 0 bridgehead atoms. The fourth-order valence-electron chi connectivity index (χ4n) is 2.02. The second-order valence-corrected chi connectivity index (χ2v) is 7.10. The molecular formula is C16H14BrNO3S. The zero-order chi connectivity index (χ0) is 15.5. The number of hydrogen-bond donors (Lipinski definition) is 1. The Morgan fingerprint density at radius 1 is 1.23 bits per heavy atom. The molecule has 3 rings (SSSR count). The smallest absolute Gasteiger partial charge is 0.237 e. The number of benzene rings is 2. The zero-order valence-corrected chi connectivity index (χ0v) is 14.2. The van der Waals surface area contributed by atoms with Gasteiger partial charge in [0.1, 0.15) is 0 Å². The van der Waals surface area contributed by atoms with Gasteiger partial charge in [-0.25, -0.2) is 0 Å². The van der Waals surface area contributed by atoms with Gasteiger partial charge in [0.25, 0.3) is 0 Å². The quantitative estimate of drug-likeness (QED) is 0.804. The van der Waals surface area contributed by atoms with E-state index in [4.69, 9.17) is 9.47 Å². The van der Waals surface area contributed by atoms with Crippen molar-refractivity contribution < 1.29 is 14.3 Å². The lowest BCUT2D eigenvalue weighted by Gasteiger charge is -2.12. The highest BCUT2D eigenvalue weighted by Gasteiger charge is 2.17. The maximum Gasteiger partial charge on any atom is 0.237 e. The van der Waals surface area contributed by atoms with E-state index in [9.17, 15) is 4.79 Å². The number of carbonyl (C=O) groups is 1. The van der Waals surface area contributed by atoms with Crippen LogP contribution in [-0.4, -0.2) is 18.0 Å². The van der Waals surface area contributed by atoms with Crippen LogP contribution in [0.25, 0.3) is 0 Å². The van der Waals surface area contributed by atoms with Crippen LogP contribution in [0.15, 0.2) is 51.8 Å². The van der Waals surface area contributed by atoms with Gasteiger partial charge in [0.05, 0.1) is 5.25 Å². The van der Waals surface area contributed by atoms with Crippen LogP contribution in [0.3, 0.4) is 0 Å². The van der Waals surface area contributed by atoms with E-state index in [0.29, 0.717) is 17.2 Å². The number of fused-ring (bicyclic) bond motifs is 1. The van der Waals surface area contributed by atoms with Gasteiger partial charge in [0.15, 0.2) is 11.5 Å². The van der Waals surface area contributed by atoms with Gasteiger partial charge in [-0.2, -0.15) is 0 Å². The third-order valence-electron chi connectivity index (χ3n) is 3.12. The molecule has 1 aliphatic heterocycles. The summed E-state index contributed by atoms with van der Waals surface area (Å²) >= 11 is 4.94. The van der Waals surface area contributed by atoms with Crippen LogP contribution in [0.5, 0.6) is 11.5 Å². The van der Waals surface area contributed by atoms with E-state index < -0.39 is 0 Å². The van der Waals surface area contributed by atoms with Gasteiger partial charge in [-0.3, -0.25) is 4.79 Å². The first kappa shape index (κ1) is 15.2. The summed E-state index contributed by atoms with van der Waals surface area (Å²) < 4.78 is 11.6. The molecule has 2 aromatic carbocycles. The van der Waals surface area contributed by atoms with Crippen molar-refractivity contribution >= 4 is 39.3 Å². The van der Waals surface area contributed by atoms with Crippen molar-refractivity contribution in [1.82, 2.24) is 0 Å². The Morgan fingerprint density at radius 3 is 2.86 bits per heavy atom. The lowest BCUT2D eigenvalue weighted by Crippen LogP contribution is -2.22. The van der Waals surface area contributed by atoms with Crippen molar-refractivity contribution in [3.05, 3.63) is 46.9 Å². The molecule has 0 saturated heterocycles. The molecule has 1 atom stereocenters. The van der Waals surface area contributed by atoms with Gasteiger partial charge in [-0.05, 0) is 37.3 Å². The topological polar surface area (TPSA) is 47.6 Å². The lowest BCUT2D eigenvalue weighted by molar-refractivity contribution is -0.115. The standard InChI is InChI=1S/C16H14BrNO3S/c1-10(22-13-4-2-3-11(17)7-13)16(19)18-12-5-6-14-15(8-12)21-9-20-14/h2-8,10H,9H2,1H3,(H,18,19). The molecule has 0 saturated carbocycles. The fourth-order valence-corrected chi connectivity index (χ4v) is 3.49. The summed E-state index contributed by atoms with van der Waals surface area (Å²) in [6.45, 7) is 2.11. The molecule has 0 fully saturated rings. The Labute approximate surface area is 141 Å². The number of thioether (sulfide) groups is 1. The molecule has 0 aliphatic carbocycles. The highest BCUT2D eigenvalue weighted by atomic mass is 79.9. The second-order valence-electron chi connectivity index (χ2n) is 4.77. The average molecular weight is 380 g/mol. The van der Waals surface area contributed by atoms with Crippen LogP contribution in [0, 0.1) is 0 Å².